The largest absolute Gasteiger partial charge is 0.396 e. The van der Waals surface area contributed by atoms with Gasteiger partial charge in [-0.2, -0.15) is 0 Å². The number of hydrogen-bond acceptors (Lipinski definition) is 2. The van der Waals surface area contributed by atoms with Crippen molar-refractivity contribution >= 4 is 0 Å². The maximum absolute atomic E-state index is 8.97. The predicted octanol–water partition coefficient (Wildman–Crippen LogP) is -0.240. The van der Waals surface area contributed by atoms with E-state index in [-0.39, 0.29) is 13.0 Å². The summed E-state index contributed by atoms with van der Waals surface area (Å²) in [5, 5.41) is 17.4. The molecule has 0 aromatic carbocycles. The van der Waals surface area contributed by atoms with Crippen molar-refractivity contribution in [1.29, 1.82) is 0 Å². The van der Waals surface area contributed by atoms with Crippen molar-refractivity contribution in [2.24, 2.45) is 0 Å². The normalized spacial score (nSPS) is 9.25. The van der Waals surface area contributed by atoms with Gasteiger partial charge in [0.25, 0.3) is 0 Å². The molecule has 0 aliphatic rings. The Kier molecular flexibility index (Phi) is 6.81. The second-order valence-corrected chi connectivity index (χ2v) is 1.92. The zero-order valence-electron chi connectivity index (χ0n) is 6.89. The molecule has 0 radical (unpaired) electrons. The third-order valence-corrected chi connectivity index (χ3v) is 0.954. The molecule has 0 heterocycles. The topological polar surface area (TPSA) is 40.5 Å². The zero-order valence-corrected chi connectivity index (χ0v) is 6.89. The molecule has 0 saturated carbocycles. The molecule has 2 nitrogen and oxygen atoms in total. The summed E-state index contributed by atoms with van der Waals surface area (Å²) in [7, 11) is 0. The third kappa shape index (κ3) is 6.72. The number of aliphatic hydroxyl groups excluding tert-OH is 2. The van der Waals surface area contributed by atoms with Crippen LogP contribution < -0.4 is 0 Å². The van der Waals surface area contributed by atoms with Gasteiger partial charge in [-0.25, -0.2) is 0 Å². The Morgan fingerprint density at radius 2 is 1.83 bits per heavy atom. The van der Waals surface area contributed by atoms with E-state index in [0.29, 0.717) is 0 Å². The van der Waals surface area contributed by atoms with Crippen LogP contribution in [0.4, 0.5) is 0 Å². The summed E-state index contributed by atoms with van der Waals surface area (Å²) >= 11 is 0. The summed E-state index contributed by atoms with van der Waals surface area (Å²) in [4.78, 5) is 0. The first-order valence-corrected chi connectivity index (χ1v) is 3.52. The molecule has 0 rings (SSSR count). The highest BCUT2D eigenvalue weighted by Crippen LogP contribution is 1.85. The Balaban J connectivity index is 3.87. The van der Waals surface area contributed by atoms with E-state index >= 15 is 0 Å². The SMILES string of the molecule is CC#CC#CC#CC(O)CCO. The molecule has 62 valence electrons. The van der Waals surface area contributed by atoms with Gasteiger partial charge in [-0.15, -0.1) is 0 Å². The van der Waals surface area contributed by atoms with E-state index in [1.807, 2.05) is 0 Å². The first kappa shape index (κ1) is 10.6. The average molecular weight is 162 g/mol. The molecule has 1 unspecified atom stereocenters. The van der Waals surface area contributed by atoms with Crippen molar-refractivity contribution in [3.8, 4) is 35.5 Å². The lowest BCUT2D eigenvalue weighted by Crippen LogP contribution is -2.04. The average Bonchev–Trinajstić information content (AvgIpc) is 2.05. The highest BCUT2D eigenvalue weighted by molar-refractivity contribution is 5.35. The van der Waals surface area contributed by atoms with Crippen LogP contribution >= 0.6 is 0 Å². The predicted molar refractivity (Wildman–Crippen MR) is 46.7 cm³/mol. The summed E-state index contributed by atoms with van der Waals surface area (Å²) in [6.45, 7) is 1.61. The molecular weight excluding hydrogens is 152 g/mol. The quantitative estimate of drug-likeness (QED) is 0.550. The van der Waals surface area contributed by atoms with Crippen molar-refractivity contribution < 1.29 is 10.2 Å². The molecule has 2 N–H and O–H groups in total. The molecule has 0 spiro atoms. The molecule has 0 fully saturated rings. The van der Waals surface area contributed by atoms with Gasteiger partial charge in [-0.3, -0.25) is 0 Å². The van der Waals surface area contributed by atoms with E-state index in [0.717, 1.165) is 0 Å². The number of aliphatic hydroxyl groups is 2. The Bertz CT molecular complexity index is 285. The van der Waals surface area contributed by atoms with Gasteiger partial charge in [0, 0.05) is 13.0 Å². The molecule has 2 heteroatoms. The summed E-state index contributed by atoms with van der Waals surface area (Å²) in [6.07, 6.45) is -0.535. The molecular formula is C10H10O2. The minimum absolute atomic E-state index is 0.0714. The summed E-state index contributed by atoms with van der Waals surface area (Å²) in [5.41, 5.74) is 0. The van der Waals surface area contributed by atoms with Crippen LogP contribution in [0, 0.1) is 35.5 Å². The molecule has 0 aromatic heterocycles. The van der Waals surface area contributed by atoms with Gasteiger partial charge in [0.05, 0.1) is 0 Å². The fourth-order valence-electron chi connectivity index (χ4n) is 0.439. The van der Waals surface area contributed by atoms with Gasteiger partial charge in [0.1, 0.15) is 6.10 Å². The van der Waals surface area contributed by atoms with Crippen molar-refractivity contribution in [3.05, 3.63) is 0 Å². The van der Waals surface area contributed by atoms with E-state index in [4.69, 9.17) is 10.2 Å². The van der Waals surface area contributed by atoms with Crippen LogP contribution in [-0.4, -0.2) is 22.9 Å². The van der Waals surface area contributed by atoms with Crippen LogP contribution in [0.2, 0.25) is 0 Å². The highest BCUT2D eigenvalue weighted by atomic mass is 16.3. The number of rotatable bonds is 2. The Morgan fingerprint density at radius 1 is 1.17 bits per heavy atom. The summed E-state index contributed by atoms with van der Waals surface area (Å²) in [6, 6.07) is 0. The molecule has 0 bridgehead atoms. The van der Waals surface area contributed by atoms with Gasteiger partial charge in [0.2, 0.25) is 0 Å². The van der Waals surface area contributed by atoms with E-state index in [1.165, 1.54) is 0 Å². The maximum Gasteiger partial charge on any atom is 0.117 e. The van der Waals surface area contributed by atoms with Gasteiger partial charge in [0.15, 0.2) is 0 Å². The molecule has 0 amide bonds. The van der Waals surface area contributed by atoms with Gasteiger partial charge < -0.3 is 10.2 Å². The minimum atomic E-state index is -0.793. The van der Waals surface area contributed by atoms with Crippen molar-refractivity contribution in [3.63, 3.8) is 0 Å². The minimum Gasteiger partial charge on any atom is -0.396 e. The third-order valence-electron chi connectivity index (χ3n) is 0.954. The van der Waals surface area contributed by atoms with Crippen LogP contribution in [0.3, 0.4) is 0 Å². The van der Waals surface area contributed by atoms with Crippen molar-refractivity contribution in [1.82, 2.24) is 0 Å². The number of hydrogen-bond donors (Lipinski definition) is 2. The van der Waals surface area contributed by atoms with Gasteiger partial charge >= 0.3 is 0 Å². The summed E-state index contributed by atoms with van der Waals surface area (Å²) < 4.78 is 0. The van der Waals surface area contributed by atoms with Crippen molar-refractivity contribution in [2.45, 2.75) is 19.4 Å². The Labute approximate surface area is 72.6 Å². The van der Waals surface area contributed by atoms with Crippen LogP contribution in [0.25, 0.3) is 0 Å². The van der Waals surface area contributed by atoms with E-state index in [9.17, 15) is 0 Å². The molecule has 1 atom stereocenters. The summed E-state index contributed by atoms with van der Waals surface area (Å²) in [5.74, 6) is 14.9. The second kappa shape index (κ2) is 7.70. The van der Waals surface area contributed by atoms with Crippen LogP contribution in [0.5, 0.6) is 0 Å². The van der Waals surface area contributed by atoms with Crippen LogP contribution in [0.1, 0.15) is 13.3 Å². The fourth-order valence-corrected chi connectivity index (χ4v) is 0.439. The highest BCUT2D eigenvalue weighted by Gasteiger charge is 1.94. The van der Waals surface area contributed by atoms with Crippen molar-refractivity contribution in [2.75, 3.05) is 6.61 Å². The van der Waals surface area contributed by atoms with Gasteiger partial charge in [-0.1, -0.05) is 11.8 Å². The first-order chi connectivity index (χ1) is 5.81. The molecule has 0 aromatic rings. The smallest absolute Gasteiger partial charge is 0.117 e. The lowest BCUT2D eigenvalue weighted by molar-refractivity contribution is 0.177. The Hall–Kier alpha value is -1.40. The first-order valence-electron chi connectivity index (χ1n) is 3.52. The standard InChI is InChI=1S/C10H10O2/c1-2-3-4-5-6-7-10(12)8-9-11/h10-12H,8-9H2,1H3. The zero-order chi connectivity index (χ0) is 9.23. The Morgan fingerprint density at radius 3 is 2.42 bits per heavy atom. The second-order valence-electron chi connectivity index (χ2n) is 1.92. The van der Waals surface area contributed by atoms with Gasteiger partial charge in [-0.05, 0) is 30.6 Å². The lowest BCUT2D eigenvalue weighted by Gasteiger charge is -1.95. The molecule has 0 aliphatic carbocycles. The fraction of sp³-hybridized carbons (Fsp3) is 0.400. The van der Waals surface area contributed by atoms with E-state index in [1.54, 1.807) is 6.92 Å². The molecule has 0 saturated heterocycles. The van der Waals surface area contributed by atoms with Crippen LogP contribution in [0.15, 0.2) is 0 Å². The van der Waals surface area contributed by atoms with E-state index < -0.39 is 6.10 Å². The maximum atomic E-state index is 8.97. The lowest BCUT2D eigenvalue weighted by atomic mass is 10.3. The monoisotopic (exact) mass is 162 g/mol. The van der Waals surface area contributed by atoms with E-state index in [2.05, 4.69) is 35.5 Å². The molecule has 12 heavy (non-hydrogen) atoms. The van der Waals surface area contributed by atoms with Crippen LogP contribution in [-0.2, 0) is 0 Å². The molecule has 0 aliphatic heterocycles.